The van der Waals surface area contributed by atoms with E-state index in [0.717, 1.165) is 51.0 Å². The van der Waals surface area contributed by atoms with E-state index in [4.69, 9.17) is 15.5 Å². The minimum Gasteiger partial charge on any atom is -0.255 e. The van der Waals surface area contributed by atoms with Crippen LogP contribution < -0.4 is 0 Å². The van der Waals surface area contributed by atoms with Crippen molar-refractivity contribution in [3.05, 3.63) is 78.7 Å². The summed E-state index contributed by atoms with van der Waals surface area (Å²) < 4.78 is 3.62. The maximum Gasteiger partial charge on any atom is 0.0979 e. The van der Waals surface area contributed by atoms with Crippen LogP contribution >= 0.6 is 47.0 Å². The third-order valence-corrected chi connectivity index (χ3v) is 10.6. The first-order valence-corrected chi connectivity index (χ1v) is 14.1. The summed E-state index contributed by atoms with van der Waals surface area (Å²) in [6, 6.07) is 18.5. The van der Waals surface area contributed by atoms with Crippen LogP contribution in [0, 0.1) is 22.7 Å². The molecule has 1 aliphatic carbocycles. The van der Waals surface area contributed by atoms with Crippen LogP contribution in [0.25, 0.3) is 28.3 Å². The van der Waals surface area contributed by atoms with Crippen molar-refractivity contribution in [1.82, 2.24) is 15.0 Å². The molecule has 0 fully saturated rings. The molecule has 0 amide bonds. The van der Waals surface area contributed by atoms with E-state index in [-0.39, 0.29) is 0 Å². The summed E-state index contributed by atoms with van der Waals surface area (Å²) in [4.78, 5) is 14.1. The van der Waals surface area contributed by atoms with E-state index in [0.29, 0.717) is 12.8 Å². The fourth-order valence-electron chi connectivity index (χ4n) is 3.59. The average molecular weight is 516 g/mol. The summed E-state index contributed by atoms with van der Waals surface area (Å²) in [6.07, 6.45) is 4.61. The molecule has 2 aliphatic rings. The number of pyridine rings is 3. The van der Waals surface area contributed by atoms with Crippen LogP contribution in [0.15, 0.2) is 67.6 Å². The number of nitriles is 2. The smallest absolute Gasteiger partial charge is 0.0979 e. The molecule has 0 bridgehead atoms. The molecule has 166 valence electrons. The van der Waals surface area contributed by atoms with E-state index in [9.17, 15) is 0 Å². The predicted octanol–water partition coefficient (Wildman–Crippen LogP) is 7.14. The molecule has 3 aromatic rings. The molecule has 0 unspecified atom stereocenters. The van der Waals surface area contributed by atoms with Gasteiger partial charge in [-0.15, -0.1) is 23.5 Å². The van der Waals surface area contributed by atoms with Gasteiger partial charge in [0.05, 0.1) is 47.6 Å². The fourth-order valence-corrected chi connectivity index (χ4v) is 9.39. The standard InChI is InChI=1S/C25H17N5S4/c26-10-4-14-31-24-25(32-15-5-11-27)34-23(33-24)20-16-6-3-13-29-21(16)22-17(20)8-9-19(30-22)18-7-1-2-12-28-18/h1-3,6-9,12-13H,4-5,14-15H2. The molecule has 0 aromatic carbocycles. The highest BCUT2D eigenvalue weighted by Crippen LogP contribution is 2.61. The number of hydrogen-bond acceptors (Lipinski definition) is 9. The fraction of sp³-hybridized carbons (Fsp3) is 0.160. The zero-order valence-corrected chi connectivity index (χ0v) is 21.2. The third-order valence-electron chi connectivity index (χ3n) is 5.03. The number of aromatic nitrogens is 3. The maximum atomic E-state index is 8.97. The van der Waals surface area contributed by atoms with Crippen molar-refractivity contribution in [3.8, 4) is 34.9 Å². The van der Waals surface area contributed by atoms with Gasteiger partial charge in [-0.1, -0.05) is 35.7 Å². The quantitative estimate of drug-likeness (QED) is 0.238. The van der Waals surface area contributed by atoms with Crippen LogP contribution in [0.5, 0.6) is 0 Å². The van der Waals surface area contributed by atoms with Gasteiger partial charge in [0.2, 0.25) is 0 Å². The minimum absolute atomic E-state index is 0.511. The van der Waals surface area contributed by atoms with E-state index >= 15 is 0 Å². The molecule has 0 atom stereocenters. The Morgan fingerprint density at radius 3 is 2.12 bits per heavy atom. The number of hydrogen-bond donors (Lipinski definition) is 0. The Bertz CT molecular complexity index is 1350. The van der Waals surface area contributed by atoms with Crippen molar-refractivity contribution in [1.29, 1.82) is 10.5 Å². The van der Waals surface area contributed by atoms with Crippen molar-refractivity contribution in [2.75, 3.05) is 11.5 Å². The average Bonchev–Trinajstić information content (AvgIpc) is 3.43. The Morgan fingerprint density at radius 2 is 1.44 bits per heavy atom. The lowest BCUT2D eigenvalue weighted by molar-refractivity contribution is 1.22. The van der Waals surface area contributed by atoms with Gasteiger partial charge in [-0.05, 0) is 30.3 Å². The molecule has 5 nitrogen and oxygen atoms in total. The molecule has 5 rings (SSSR count). The molecule has 9 heteroatoms. The van der Waals surface area contributed by atoms with E-state index in [1.165, 1.54) is 12.7 Å². The highest BCUT2D eigenvalue weighted by atomic mass is 32.3. The molecule has 0 saturated carbocycles. The van der Waals surface area contributed by atoms with E-state index < -0.39 is 0 Å². The highest BCUT2D eigenvalue weighted by molar-refractivity contribution is 8.40. The largest absolute Gasteiger partial charge is 0.255 e. The summed E-state index contributed by atoms with van der Waals surface area (Å²) >= 11 is 6.96. The van der Waals surface area contributed by atoms with Crippen LogP contribution in [-0.2, 0) is 0 Å². The zero-order chi connectivity index (χ0) is 23.3. The van der Waals surface area contributed by atoms with Gasteiger partial charge in [-0.3, -0.25) is 9.97 Å². The Morgan fingerprint density at radius 1 is 0.735 bits per heavy atom. The predicted molar refractivity (Wildman–Crippen MR) is 144 cm³/mol. The van der Waals surface area contributed by atoms with Crippen molar-refractivity contribution in [2.24, 2.45) is 0 Å². The van der Waals surface area contributed by atoms with Gasteiger partial charge in [0.15, 0.2) is 0 Å². The Hall–Kier alpha value is -2.69. The van der Waals surface area contributed by atoms with Crippen LogP contribution in [0.3, 0.4) is 0 Å². The van der Waals surface area contributed by atoms with Crippen molar-refractivity contribution in [3.63, 3.8) is 0 Å². The van der Waals surface area contributed by atoms with E-state index in [1.54, 1.807) is 53.2 Å². The van der Waals surface area contributed by atoms with Crippen molar-refractivity contribution in [2.45, 2.75) is 12.8 Å². The van der Waals surface area contributed by atoms with Gasteiger partial charge < -0.3 is 0 Å². The number of thioether (sulfide) groups is 4. The molecule has 0 N–H and O–H groups in total. The Labute approximate surface area is 215 Å². The van der Waals surface area contributed by atoms with Crippen LogP contribution in [0.2, 0.25) is 0 Å². The van der Waals surface area contributed by atoms with Gasteiger partial charge in [0.1, 0.15) is 0 Å². The second kappa shape index (κ2) is 10.7. The SMILES string of the molecule is N#CCCSC1=C(SCCC#N)SC(=C2c3cccnc3-c3nc(-c4ccccn4)ccc32)S1. The zero-order valence-electron chi connectivity index (χ0n) is 17.9. The second-order valence-corrected chi connectivity index (χ2v) is 12.2. The Balaban J connectivity index is 1.55. The van der Waals surface area contributed by atoms with Gasteiger partial charge in [-0.2, -0.15) is 10.5 Å². The first kappa shape index (κ1) is 23.1. The van der Waals surface area contributed by atoms with Crippen molar-refractivity contribution >= 4 is 52.6 Å². The van der Waals surface area contributed by atoms with Gasteiger partial charge >= 0.3 is 0 Å². The summed E-state index contributed by atoms with van der Waals surface area (Å²) in [5, 5.41) is 17.9. The third kappa shape index (κ3) is 4.62. The van der Waals surface area contributed by atoms with Gasteiger partial charge in [0.25, 0.3) is 0 Å². The summed E-state index contributed by atoms with van der Waals surface area (Å²) in [7, 11) is 0. The molecule has 0 radical (unpaired) electrons. The van der Waals surface area contributed by atoms with Crippen LogP contribution in [0.1, 0.15) is 24.0 Å². The lowest BCUT2D eigenvalue weighted by Gasteiger charge is -2.07. The van der Waals surface area contributed by atoms with Crippen LogP contribution in [0.4, 0.5) is 0 Å². The lowest BCUT2D eigenvalue weighted by Crippen LogP contribution is -1.91. The number of nitrogens with zero attached hydrogens (tertiary/aromatic N) is 5. The van der Waals surface area contributed by atoms with E-state index in [2.05, 4.69) is 34.2 Å². The number of rotatable bonds is 7. The summed E-state index contributed by atoms with van der Waals surface area (Å²) in [6.45, 7) is 0. The first-order valence-electron chi connectivity index (χ1n) is 10.5. The number of fused-ring (bicyclic) bond motifs is 3. The molecule has 3 aromatic heterocycles. The second-order valence-electron chi connectivity index (χ2n) is 7.16. The highest BCUT2D eigenvalue weighted by Gasteiger charge is 2.33. The van der Waals surface area contributed by atoms with Crippen LogP contribution in [-0.4, -0.2) is 26.5 Å². The topological polar surface area (TPSA) is 86.2 Å². The first-order chi connectivity index (χ1) is 16.8. The van der Waals surface area contributed by atoms with Crippen molar-refractivity contribution < 1.29 is 0 Å². The molecule has 1 aliphatic heterocycles. The monoisotopic (exact) mass is 515 g/mol. The maximum absolute atomic E-state index is 8.97. The molecule has 0 saturated heterocycles. The molecule has 0 spiro atoms. The summed E-state index contributed by atoms with van der Waals surface area (Å²) in [5.41, 5.74) is 6.75. The normalized spacial score (nSPS) is 14.1. The van der Waals surface area contributed by atoms with E-state index in [1.807, 2.05) is 36.5 Å². The molecule has 34 heavy (non-hydrogen) atoms. The molecular formula is C25H17N5S4. The lowest BCUT2D eigenvalue weighted by atomic mass is 10.1. The summed E-state index contributed by atoms with van der Waals surface area (Å²) in [5.74, 6) is 1.52. The molecule has 4 heterocycles. The van der Waals surface area contributed by atoms with Gasteiger partial charge in [0, 0.05) is 53.4 Å². The van der Waals surface area contributed by atoms with Gasteiger partial charge in [-0.25, -0.2) is 4.98 Å². The molecular weight excluding hydrogens is 499 g/mol. The minimum atomic E-state index is 0.511. The Kier molecular flexibility index (Phi) is 7.27.